The lowest BCUT2D eigenvalue weighted by Crippen LogP contribution is -2.15. The van der Waals surface area contributed by atoms with Crippen LogP contribution >= 0.6 is 23.2 Å². The van der Waals surface area contributed by atoms with Gasteiger partial charge >= 0.3 is 0 Å². The SMILES string of the molecule is Cc1nccn1-c1cc(NS(=O)(=O)c2cc(Cl)ccc2Cl)ncn1. The predicted molar refractivity (Wildman–Crippen MR) is 91.2 cm³/mol. The van der Waals surface area contributed by atoms with Crippen LogP contribution in [0.15, 0.2) is 47.9 Å². The van der Waals surface area contributed by atoms with Crippen LogP contribution < -0.4 is 4.72 Å². The number of sulfonamides is 1. The average Bonchev–Trinajstić information content (AvgIpc) is 2.95. The number of aryl methyl sites for hydroxylation is 1. The molecule has 0 aliphatic carbocycles. The van der Waals surface area contributed by atoms with Gasteiger partial charge in [0.15, 0.2) is 0 Å². The van der Waals surface area contributed by atoms with E-state index in [1.165, 1.54) is 30.6 Å². The molecule has 10 heteroatoms. The van der Waals surface area contributed by atoms with Gasteiger partial charge in [0, 0.05) is 23.5 Å². The first kappa shape index (κ1) is 16.7. The quantitative estimate of drug-likeness (QED) is 0.747. The summed E-state index contributed by atoms with van der Waals surface area (Å²) in [6, 6.07) is 5.69. The number of halogens is 2. The summed E-state index contributed by atoms with van der Waals surface area (Å²) < 4.78 is 29.1. The van der Waals surface area contributed by atoms with Crippen molar-refractivity contribution in [3.8, 4) is 5.82 Å². The molecular formula is C14H11Cl2N5O2S. The smallest absolute Gasteiger partial charge is 0.264 e. The average molecular weight is 384 g/mol. The topological polar surface area (TPSA) is 89.8 Å². The van der Waals surface area contributed by atoms with Crippen molar-refractivity contribution >= 4 is 39.0 Å². The Hall–Kier alpha value is -2.16. The number of hydrogen-bond donors (Lipinski definition) is 1. The molecule has 0 atom stereocenters. The molecule has 1 aromatic carbocycles. The Kier molecular flexibility index (Phi) is 4.44. The number of nitrogens with zero attached hydrogens (tertiary/aromatic N) is 4. The summed E-state index contributed by atoms with van der Waals surface area (Å²) in [5.41, 5.74) is 0. The van der Waals surface area contributed by atoms with Crippen molar-refractivity contribution in [1.29, 1.82) is 0 Å². The monoisotopic (exact) mass is 383 g/mol. The van der Waals surface area contributed by atoms with Crippen molar-refractivity contribution in [3.63, 3.8) is 0 Å². The maximum absolute atomic E-state index is 12.5. The minimum atomic E-state index is -3.94. The first-order valence-electron chi connectivity index (χ1n) is 6.67. The summed E-state index contributed by atoms with van der Waals surface area (Å²) in [4.78, 5) is 12.0. The number of rotatable bonds is 4. The summed E-state index contributed by atoms with van der Waals surface area (Å²) in [5.74, 6) is 1.29. The van der Waals surface area contributed by atoms with E-state index in [1.807, 2.05) is 0 Å². The van der Waals surface area contributed by atoms with E-state index in [0.29, 0.717) is 11.6 Å². The molecule has 0 saturated carbocycles. The van der Waals surface area contributed by atoms with E-state index in [0.717, 1.165) is 0 Å². The maximum Gasteiger partial charge on any atom is 0.264 e. The fraction of sp³-hybridized carbons (Fsp3) is 0.0714. The Bertz CT molecular complexity index is 1000. The zero-order valence-corrected chi connectivity index (χ0v) is 14.6. The molecule has 0 amide bonds. The molecule has 0 radical (unpaired) electrons. The van der Waals surface area contributed by atoms with Crippen molar-refractivity contribution in [2.75, 3.05) is 4.72 Å². The highest BCUT2D eigenvalue weighted by Crippen LogP contribution is 2.26. The second-order valence-corrected chi connectivity index (χ2v) is 7.28. The summed E-state index contributed by atoms with van der Waals surface area (Å²) in [6.45, 7) is 1.80. The Morgan fingerprint density at radius 1 is 1.12 bits per heavy atom. The molecule has 0 saturated heterocycles. The van der Waals surface area contributed by atoms with Gasteiger partial charge in [-0.15, -0.1) is 0 Å². The highest BCUT2D eigenvalue weighted by Gasteiger charge is 2.19. The Morgan fingerprint density at radius 3 is 2.62 bits per heavy atom. The van der Waals surface area contributed by atoms with E-state index in [-0.39, 0.29) is 20.8 Å². The zero-order valence-electron chi connectivity index (χ0n) is 12.3. The van der Waals surface area contributed by atoms with Gasteiger partial charge in [-0.05, 0) is 25.1 Å². The van der Waals surface area contributed by atoms with Gasteiger partial charge in [0.05, 0.1) is 5.02 Å². The summed E-state index contributed by atoms with van der Waals surface area (Å²) in [5, 5.41) is 0.323. The van der Waals surface area contributed by atoms with E-state index in [1.54, 1.807) is 23.9 Å². The van der Waals surface area contributed by atoms with Gasteiger partial charge in [-0.2, -0.15) is 0 Å². The van der Waals surface area contributed by atoms with Crippen LogP contribution in [0.2, 0.25) is 10.0 Å². The number of anilines is 1. The van der Waals surface area contributed by atoms with Crippen LogP contribution in [0.25, 0.3) is 5.82 Å². The van der Waals surface area contributed by atoms with Crippen LogP contribution in [0.4, 0.5) is 5.82 Å². The van der Waals surface area contributed by atoms with Crippen LogP contribution in [-0.2, 0) is 10.0 Å². The molecule has 0 spiro atoms. The van der Waals surface area contributed by atoms with Crippen LogP contribution in [0.1, 0.15) is 5.82 Å². The zero-order chi connectivity index (χ0) is 17.3. The van der Waals surface area contributed by atoms with Gasteiger partial charge in [0.25, 0.3) is 10.0 Å². The number of benzene rings is 1. The Morgan fingerprint density at radius 2 is 1.92 bits per heavy atom. The molecule has 1 N–H and O–H groups in total. The molecule has 0 aliphatic rings. The van der Waals surface area contributed by atoms with Crippen molar-refractivity contribution in [2.24, 2.45) is 0 Å². The summed E-state index contributed by atoms with van der Waals surface area (Å²) in [7, 11) is -3.94. The minimum Gasteiger partial charge on any atom is -0.288 e. The first-order chi connectivity index (χ1) is 11.4. The molecule has 124 valence electrons. The third-order valence-electron chi connectivity index (χ3n) is 3.15. The van der Waals surface area contributed by atoms with Crippen molar-refractivity contribution in [1.82, 2.24) is 19.5 Å². The van der Waals surface area contributed by atoms with Gasteiger partial charge in [-0.3, -0.25) is 9.29 Å². The lowest BCUT2D eigenvalue weighted by atomic mass is 10.4. The normalized spacial score (nSPS) is 11.5. The molecule has 0 bridgehead atoms. The van der Waals surface area contributed by atoms with Gasteiger partial charge in [0.2, 0.25) is 0 Å². The number of aromatic nitrogens is 4. The summed E-state index contributed by atoms with van der Waals surface area (Å²) >= 11 is 11.8. The number of nitrogens with one attached hydrogen (secondary N) is 1. The van der Waals surface area contributed by atoms with Crippen molar-refractivity contribution in [3.05, 3.63) is 58.9 Å². The van der Waals surface area contributed by atoms with E-state index >= 15 is 0 Å². The molecule has 0 aliphatic heterocycles. The van der Waals surface area contributed by atoms with Gasteiger partial charge in [-0.1, -0.05) is 23.2 Å². The second-order valence-electron chi connectivity index (χ2n) is 4.79. The molecule has 2 heterocycles. The molecule has 3 rings (SSSR count). The Balaban J connectivity index is 1.96. The molecule has 0 fully saturated rings. The van der Waals surface area contributed by atoms with Gasteiger partial charge < -0.3 is 0 Å². The molecule has 0 unspecified atom stereocenters. The minimum absolute atomic E-state index is 0.0617. The fourth-order valence-electron chi connectivity index (χ4n) is 2.03. The predicted octanol–water partition coefficient (Wildman–Crippen LogP) is 3.08. The molecule has 3 aromatic rings. The van der Waals surface area contributed by atoms with E-state index in [4.69, 9.17) is 23.2 Å². The summed E-state index contributed by atoms with van der Waals surface area (Å²) in [6.07, 6.45) is 4.59. The van der Waals surface area contributed by atoms with E-state index in [2.05, 4.69) is 19.7 Å². The first-order valence-corrected chi connectivity index (χ1v) is 8.91. The largest absolute Gasteiger partial charge is 0.288 e. The maximum atomic E-state index is 12.5. The molecule has 2 aromatic heterocycles. The van der Waals surface area contributed by atoms with Crippen LogP contribution in [0.3, 0.4) is 0 Å². The molecular weight excluding hydrogens is 373 g/mol. The van der Waals surface area contributed by atoms with E-state index < -0.39 is 10.0 Å². The third kappa shape index (κ3) is 3.35. The van der Waals surface area contributed by atoms with Crippen LogP contribution in [0.5, 0.6) is 0 Å². The third-order valence-corrected chi connectivity index (χ3v) is 5.22. The lowest BCUT2D eigenvalue weighted by Gasteiger charge is -2.10. The van der Waals surface area contributed by atoms with Gasteiger partial charge in [-0.25, -0.2) is 23.4 Å². The highest BCUT2D eigenvalue weighted by molar-refractivity contribution is 7.92. The second kappa shape index (κ2) is 6.39. The lowest BCUT2D eigenvalue weighted by molar-refractivity contribution is 0.601. The standard InChI is InChI=1S/C14H11Cl2N5O2S/c1-9-17-4-5-21(9)14-7-13(18-8-19-14)20-24(22,23)12-6-10(15)2-3-11(12)16/h2-8H,1H3,(H,18,19,20). The van der Waals surface area contributed by atoms with Crippen LogP contribution in [0, 0.1) is 6.92 Å². The molecule has 7 nitrogen and oxygen atoms in total. The Labute approximate surface area is 148 Å². The fourth-order valence-corrected chi connectivity index (χ4v) is 3.79. The van der Waals surface area contributed by atoms with Gasteiger partial charge in [0.1, 0.15) is 28.7 Å². The van der Waals surface area contributed by atoms with E-state index in [9.17, 15) is 8.42 Å². The molecule has 24 heavy (non-hydrogen) atoms. The number of imidazole rings is 1. The van der Waals surface area contributed by atoms with Crippen molar-refractivity contribution < 1.29 is 8.42 Å². The number of hydrogen-bond acceptors (Lipinski definition) is 5. The van der Waals surface area contributed by atoms with Crippen molar-refractivity contribution in [2.45, 2.75) is 11.8 Å². The van der Waals surface area contributed by atoms with Crippen LogP contribution in [-0.4, -0.2) is 27.9 Å². The highest BCUT2D eigenvalue weighted by atomic mass is 35.5.